The number of nitrogens with zero attached hydrogens (tertiary/aromatic N) is 4. The van der Waals surface area contributed by atoms with E-state index >= 15 is 0 Å². The van der Waals surface area contributed by atoms with Gasteiger partial charge in [0.25, 0.3) is 5.91 Å². The van der Waals surface area contributed by atoms with Gasteiger partial charge in [0.1, 0.15) is 17.9 Å². The summed E-state index contributed by atoms with van der Waals surface area (Å²) in [6.45, 7) is 5.62. The molecule has 1 aliphatic heterocycles. The van der Waals surface area contributed by atoms with Gasteiger partial charge in [-0.3, -0.25) is 4.79 Å². The Hall–Kier alpha value is -1.76. The predicted octanol–water partition coefficient (Wildman–Crippen LogP) is 3.77. The van der Waals surface area contributed by atoms with Gasteiger partial charge in [-0.2, -0.15) is 11.8 Å². The topological polar surface area (TPSA) is 64.2 Å². The molecule has 1 fully saturated rings. The average molecular weight is 377 g/mol. The van der Waals surface area contributed by atoms with Crippen LogP contribution in [0.15, 0.2) is 16.8 Å². The van der Waals surface area contributed by atoms with Gasteiger partial charge in [-0.1, -0.05) is 13.3 Å². The van der Waals surface area contributed by atoms with Crippen LogP contribution in [-0.4, -0.2) is 44.4 Å². The maximum atomic E-state index is 12.8. The quantitative estimate of drug-likeness (QED) is 0.688. The van der Waals surface area contributed by atoms with E-state index in [0.717, 1.165) is 54.6 Å². The van der Waals surface area contributed by atoms with Gasteiger partial charge in [-0.15, -0.1) is 10.2 Å². The molecule has 26 heavy (non-hydrogen) atoms. The van der Waals surface area contributed by atoms with Crippen LogP contribution in [0.2, 0.25) is 0 Å². The van der Waals surface area contributed by atoms with Crippen LogP contribution < -0.4 is 0 Å². The van der Waals surface area contributed by atoms with E-state index < -0.39 is 0 Å². The van der Waals surface area contributed by atoms with Crippen molar-refractivity contribution in [2.75, 3.05) is 18.8 Å². The first kappa shape index (κ1) is 19.0. The van der Waals surface area contributed by atoms with E-state index in [2.05, 4.69) is 17.1 Å². The number of carbonyl (C=O) groups excluding carboxylic acids is 1. The van der Waals surface area contributed by atoms with Crippen molar-refractivity contribution in [1.82, 2.24) is 19.7 Å². The van der Waals surface area contributed by atoms with Crippen LogP contribution in [0, 0.1) is 6.92 Å². The molecule has 0 bridgehead atoms. The zero-order chi connectivity index (χ0) is 18.5. The van der Waals surface area contributed by atoms with Gasteiger partial charge in [-0.05, 0) is 38.0 Å². The zero-order valence-corrected chi connectivity index (χ0v) is 16.7. The lowest BCUT2D eigenvalue weighted by atomic mass is 9.96. The van der Waals surface area contributed by atoms with Crippen molar-refractivity contribution in [3.05, 3.63) is 35.3 Å². The van der Waals surface area contributed by atoms with Crippen molar-refractivity contribution in [3.63, 3.8) is 0 Å². The number of furan rings is 1. The number of carbonyl (C=O) groups is 1. The third kappa shape index (κ3) is 4.31. The highest BCUT2D eigenvalue weighted by Gasteiger charge is 2.28. The fraction of sp³-hybridized carbons (Fsp3) is 0.632. The molecule has 142 valence electrons. The normalized spacial score (nSPS) is 15.6. The van der Waals surface area contributed by atoms with E-state index in [4.69, 9.17) is 4.42 Å². The molecule has 0 radical (unpaired) electrons. The first-order valence-corrected chi connectivity index (χ1v) is 10.6. The molecule has 0 N–H and O–H groups in total. The molecule has 0 unspecified atom stereocenters. The lowest BCUT2D eigenvalue weighted by Crippen LogP contribution is -2.38. The molecule has 0 atom stereocenters. The van der Waals surface area contributed by atoms with Gasteiger partial charge in [0.05, 0.1) is 0 Å². The molecule has 0 spiro atoms. The minimum absolute atomic E-state index is 0.00863. The Bertz CT molecular complexity index is 732. The van der Waals surface area contributed by atoms with Crippen molar-refractivity contribution in [3.8, 4) is 0 Å². The highest BCUT2D eigenvalue weighted by atomic mass is 32.2. The van der Waals surface area contributed by atoms with Crippen molar-refractivity contribution in [1.29, 1.82) is 0 Å². The summed E-state index contributed by atoms with van der Waals surface area (Å²) in [5, 5.41) is 8.18. The molecular formula is C19H28N4O2S. The van der Waals surface area contributed by atoms with Gasteiger partial charge >= 0.3 is 0 Å². The van der Waals surface area contributed by atoms with Crippen LogP contribution in [0.25, 0.3) is 0 Å². The standard InChI is InChI=1S/C19H28N4O2S/c1-4-5-10-26-12-16-11-17(25-14(16)2)19(24)23-8-6-15(7-9-23)18-21-20-13-22(18)3/h11,13,15H,4-10,12H2,1-3H3. The minimum Gasteiger partial charge on any atom is -0.456 e. The number of aryl methyl sites for hydroxylation is 2. The second-order valence-electron chi connectivity index (χ2n) is 6.96. The molecule has 7 heteroatoms. The number of likely N-dealkylation sites (tertiary alicyclic amines) is 1. The van der Waals surface area contributed by atoms with Crippen molar-refractivity contribution < 1.29 is 9.21 Å². The number of hydrogen-bond donors (Lipinski definition) is 0. The summed E-state index contributed by atoms with van der Waals surface area (Å²) >= 11 is 1.91. The Balaban J connectivity index is 1.56. The zero-order valence-electron chi connectivity index (χ0n) is 15.9. The maximum Gasteiger partial charge on any atom is 0.289 e. The molecule has 3 rings (SSSR count). The second kappa shape index (κ2) is 8.75. The van der Waals surface area contributed by atoms with Gasteiger partial charge in [0.15, 0.2) is 5.76 Å². The van der Waals surface area contributed by atoms with Crippen LogP contribution in [-0.2, 0) is 12.8 Å². The van der Waals surface area contributed by atoms with Crippen LogP contribution in [0.4, 0.5) is 0 Å². The highest BCUT2D eigenvalue weighted by molar-refractivity contribution is 7.98. The number of aromatic nitrogens is 3. The average Bonchev–Trinajstić information content (AvgIpc) is 3.24. The van der Waals surface area contributed by atoms with Gasteiger partial charge < -0.3 is 13.9 Å². The maximum absolute atomic E-state index is 12.8. The van der Waals surface area contributed by atoms with Crippen LogP contribution >= 0.6 is 11.8 Å². The summed E-state index contributed by atoms with van der Waals surface area (Å²) in [6, 6.07) is 1.94. The number of amides is 1. The van der Waals surface area contributed by atoms with E-state index in [-0.39, 0.29) is 5.91 Å². The third-order valence-corrected chi connectivity index (χ3v) is 6.12. The lowest BCUT2D eigenvalue weighted by Gasteiger charge is -2.30. The number of piperidine rings is 1. The Morgan fingerprint density at radius 1 is 1.38 bits per heavy atom. The highest BCUT2D eigenvalue weighted by Crippen LogP contribution is 2.28. The molecule has 1 aliphatic rings. The predicted molar refractivity (Wildman–Crippen MR) is 103 cm³/mol. The van der Waals surface area contributed by atoms with Crippen molar-refractivity contribution in [2.24, 2.45) is 7.05 Å². The molecule has 0 aromatic carbocycles. The molecule has 0 saturated carbocycles. The summed E-state index contributed by atoms with van der Waals surface area (Å²) in [4.78, 5) is 14.7. The summed E-state index contributed by atoms with van der Waals surface area (Å²) < 4.78 is 7.75. The second-order valence-corrected chi connectivity index (χ2v) is 8.07. The fourth-order valence-electron chi connectivity index (χ4n) is 3.36. The lowest BCUT2D eigenvalue weighted by molar-refractivity contribution is 0.0677. The first-order chi connectivity index (χ1) is 12.6. The molecular weight excluding hydrogens is 348 g/mol. The Kier molecular flexibility index (Phi) is 6.40. The van der Waals surface area contributed by atoms with Gasteiger partial charge in [-0.25, -0.2) is 0 Å². The van der Waals surface area contributed by atoms with Crippen LogP contribution in [0.3, 0.4) is 0 Å². The van der Waals surface area contributed by atoms with Crippen molar-refractivity contribution >= 4 is 17.7 Å². The van der Waals surface area contributed by atoms with E-state index in [1.165, 1.54) is 12.8 Å². The Morgan fingerprint density at radius 2 is 2.15 bits per heavy atom. The van der Waals surface area contributed by atoms with Crippen LogP contribution in [0.1, 0.15) is 66.2 Å². The molecule has 6 nitrogen and oxygen atoms in total. The molecule has 1 saturated heterocycles. The minimum atomic E-state index is 0.00863. The molecule has 0 aliphatic carbocycles. The van der Waals surface area contributed by atoms with Gasteiger partial charge in [0.2, 0.25) is 0 Å². The monoisotopic (exact) mass is 376 g/mol. The third-order valence-electron chi connectivity index (χ3n) is 5.02. The number of thioether (sulfide) groups is 1. The number of rotatable bonds is 7. The molecule has 2 aromatic rings. The Labute approximate surface area is 159 Å². The van der Waals surface area contributed by atoms with Crippen LogP contribution in [0.5, 0.6) is 0 Å². The first-order valence-electron chi connectivity index (χ1n) is 9.40. The van der Waals surface area contributed by atoms with Gasteiger partial charge in [0, 0.05) is 37.4 Å². The smallest absolute Gasteiger partial charge is 0.289 e. The summed E-state index contributed by atoms with van der Waals surface area (Å²) in [5.41, 5.74) is 1.14. The number of unbranched alkanes of at least 4 members (excludes halogenated alkanes) is 1. The SMILES string of the molecule is CCCCSCc1cc(C(=O)N2CCC(c3nncn3C)CC2)oc1C. The Morgan fingerprint density at radius 3 is 2.81 bits per heavy atom. The van der Waals surface area contributed by atoms with E-state index in [1.807, 2.05) is 41.3 Å². The molecule has 1 amide bonds. The summed E-state index contributed by atoms with van der Waals surface area (Å²) in [5.74, 6) is 4.80. The van der Waals surface area contributed by atoms with E-state index in [9.17, 15) is 4.79 Å². The summed E-state index contributed by atoms with van der Waals surface area (Å²) in [7, 11) is 1.97. The number of hydrogen-bond acceptors (Lipinski definition) is 5. The van der Waals surface area contributed by atoms with Crippen molar-refractivity contribution in [2.45, 2.75) is 51.2 Å². The molecule has 2 aromatic heterocycles. The van der Waals surface area contributed by atoms with E-state index in [1.54, 1.807) is 6.33 Å². The molecule has 3 heterocycles. The summed E-state index contributed by atoms with van der Waals surface area (Å²) in [6.07, 6.45) is 6.01. The largest absolute Gasteiger partial charge is 0.456 e. The fourth-order valence-corrected chi connectivity index (χ4v) is 4.50. The van der Waals surface area contributed by atoms with E-state index in [0.29, 0.717) is 11.7 Å².